The Kier molecular flexibility index (Phi) is 6.00. The summed E-state index contributed by atoms with van der Waals surface area (Å²) in [5, 5.41) is 2.88. The molecule has 158 valence electrons. The van der Waals surface area contributed by atoms with Gasteiger partial charge in [-0.15, -0.1) is 0 Å². The molecule has 3 rings (SSSR count). The lowest BCUT2D eigenvalue weighted by Gasteiger charge is -2.36. The smallest absolute Gasteiger partial charge is 0.325 e. The largest absolute Gasteiger partial charge is 0.493 e. The Hall–Kier alpha value is -2.77. The molecule has 2 unspecified atom stereocenters. The normalized spacial score (nSPS) is 23.9. The second-order valence-corrected chi connectivity index (χ2v) is 7.88. The zero-order valence-electron chi connectivity index (χ0n) is 17.5. The van der Waals surface area contributed by atoms with Gasteiger partial charge in [-0.25, -0.2) is 4.79 Å². The first-order valence-electron chi connectivity index (χ1n) is 9.91. The van der Waals surface area contributed by atoms with Gasteiger partial charge in [-0.1, -0.05) is 25.8 Å². The third kappa shape index (κ3) is 3.88. The maximum Gasteiger partial charge on any atom is 0.325 e. The van der Waals surface area contributed by atoms with Gasteiger partial charge in [-0.2, -0.15) is 0 Å². The predicted octanol–water partition coefficient (Wildman–Crippen LogP) is 2.16. The second-order valence-electron chi connectivity index (χ2n) is 7.88. The molecule has 1 spiro atoms. The van der Waals surface area contributed by atoms with Crippen molar-refractivity contribution in [3.05, 3.63) is 23.8 Å². The van der Waals surface area contributed by atoms with Crippen LogP contribution in [0.5, 0.6) is 11.5 Å². The van der Waals surface area contributed by atoms with Gasteiger partial charge >= 0.3 is 6.03 Å². The van der Waals surface area contributed by atoms with Crippen molar-refractivity contribution < 1.29 is 23.9 Å². The van der Waals surface area contributed by atoms with E-state index in [4.69, 9.17) is 9.47 Å². The fourth-order valence-corrected chi connectivity index (χ4v) is 4.24. The van der Waals surface area contributed by atoms with Crippen molar-refractivity contribution >= 4 is 17.8 Å². The third-order valence-corrected chi connectivity index (χ3v) is 6.09. The quantitative estimate of drug-likeness (QED) is 0.736. The first kappa shape index (κ1) is 21.0. The molecule has 2 aliphatic rings. The molecule has 1 saturated heterocycles. The molecule has 1 aliphatic carbocycles. The standard InChI is InChI=1S/C21H29N3O5/c1-14-7-5-6-10-21(14)19(26)24(20(27)22-21)13-18(25)23(2)12-15-8-9-16(28-3)17(11-15)29-4/h8-9,11,14H,5-7,10,12-13H2,1-4H3,(H,22,27). The molecule has 0 aromatic heterocycles. The number of amides is 4. The molecule has 2 fully saturated rings. The first-order chi connectivity index (χ1) is 13.8. The average molecular weight is 403 g/mol. The Labute approximate surface area is 171 Å². The lowest BCUT2D eigenvalue weighted by molar-refractivity contribution is -0.140. The Morgan fingerprint density at radius 2 is 1.97 bits per heavy atom. The van der Waals surface area contributed by atoms with Crippen molar-refractivity contribution in [3.63, 3.8) is 0 Å². The van der Waals surface area contributed by atoms with Crippen molar-refractivity contribution in [2.24, 2.45) is 5.92 Å². The van der Waals surface area contributed by atoms with Crippen LogP contribution in [-0.4, -0.2) is 61.0 Å². The molecule has 1 aromatic carbocycles. The van der Waals surface area contributed by atoms with Gasteiger partial charge in [0.25, 0.3) is 5.91 Å². The number of nitrogens with one attached hydrogen (secondary N) is 1. The highest BCUT2D eigenvalue weighted by molar-refractivity contribution is 6.09. The fraction of sp³-hybridized carbons (Fsp3) is 0.571. The summed E-state index contributed by atoms with van der Waals surface area (Å²) >= 11 is 0. The molecule has 0 radical (unpaired) electrons. The van der Waals surface area contributed by atoms with E-state index in [2.05, 4.69) is 5.32 Å². The highest BCUT2D eigenvalue weighted by atomic mass is 16.5. The zero-order valence-corrected chi connectivity index (χ0v) is 17.5. The zero-order chi connectivity index (χ0) is 21.2. The van der Waals surface area contributed by atoms with E-state index in [0.29, 0.717) is 24.5 Å². The summed E-state index contributed by atoms with van der Waals surface area (Å²) in [5.41, 5.74) is 0.00503. The number of likely N-dealkylation sites (N-methyl/N-ethyl adjacent to an activating group) is 1. The average Bonchev–Trinajstić information content (AvgIpc) is 2.94. The number of carbonyl (C=O) groups is 3. The summed E-state index contributed by atoms with van der Waals surface area (Å²) in [6.45, 7) is 2.05. The van der Waals surface area contributed by atoms with Crippen LogP contribution >= 0.6 is 0 Å². The SMILES string of the molecule is COc1ccc(CN(C)C(=O)CN2C(=O)NC3(CCCCC3C)C2=O)cc1OC. The van der Waals surface area contributed by atoms with Crippen LogP contribution in [0.3, 0.4) is 0 Å². The third-order valence-electron chi connectivity index (χ3n) is 6.09. The minimum absolute atomic E-state index is 0.0669. The van der Waals surface area contributed by atoms with Crippen LogP contribution in [0.1, 0.15) is 38.2 Å². The molecule has 1 aliphatic heterocycles. The van der Waals surface area contributed by atoms with E-state index in [1.165, 1.54) is 4.90 Å². The molecule has 2 atom stereocenters. The second kappa shape index (κ2) is 8.31. The van der Waals surface area contributed by atoms with Gasteiger partial charge < -0.3 is 19.7 Å². The maximum absolute atomic E-state index is 13.0. The molecule has 4 amide bonds. The number of ether oxygens (including phenoxy) is 2. The summed E-state index contributed by atoms with van der Waals surface area (Å²) in [6, 6.07) is 4.95. The van der Waals surface area contributed by atoms with Crippen molar-refractivity contribution in [3.8, 4) is 11.5 Å². The number of hydrogen-bond donors (Lipinski definition) is 1. The minimum atomic E-state index is -0.850. The molecule has 1 N–H and O–H groups in total. The predicted molar refractivity (Wildman–Crippen MR) is 107 cm³/mol. The van der Waals surface area contributed by atoms with Gasteiger partial charge in [0.2, 0.25) is 5.91 Å². The van der Waals surface area contributed by atoms with Gasteiger partial charge in [0, 0.05) is 13.6 Å². The summed E-state index contributed by atoms with van der Waals surface area (Å²) in [4.78, 5) is 40.8. The van der Waals surface area contributed by atoms with Crippen molar-refractivity contribution in [1.29, 1.82) is 0 Å². The molecular weight excluding hydrogens is 374 g/mol. The number of hydrogen-bond acceptors (Lipinski definition) is 5. The molecule has 29 heavy (non-hydrogen) atoms. The van der Waals surface area contributed by atoms with Crippen LogP contribution in [-0.2, 0) is 16.1 Å². The van der Waals surface area contributed by atoms with Crippen LogP contribution < -0.4 is 14.8 Å². The summed E-state index contributed by atoms with van der Waals surface area (Å²) < 4.78 is 10.5. The monoisotopic (exact) mass is 403 g/mol. The van der Waals surface area contributed by atoms with E-state index < -0.39 is 11.6 Å². The molecular formula is C21H29N3O5. The van der Waals surface area contributed by atoms with E-state index in [-0.39, 0.29) is 24.3 Å². The first-order valence-corrected chi connectivity index (χ1v) is 9.91. The lowest BCUT2D eigenvalue weighted by atomic mass is 9.73. The van der Waals surface area contributed by atoms with Gasteiger partial charge in [-0.05, 0) is 36.5 Å². The topological polar surface area (TPSA) is 88.2 Å². The van der Waals surface area contributed by atoms with Crippen LogP contribution in [0.25, 0.3) is 0 Å². The van der Waals surface area contributed by atoms with E-state index in [9.17, 15) is 14.4 Å². The number of urea groups is 1. The molecule has 8 heteroatoms. The van der Waals surface area contributed by atoms with Crippen LogP contribution in [0.2, 0.25) is 0 Å². The Bertz CT molecular complexity index is 812. The number of nitrogens with zero attached hydrogens (tertiary/aromatic N) is 2. The molecule has 1 saturated carbocycles. The van der Waals surface area contributed by atoms with E-state index >= 15 is 0 Å². The van der Waals surface area contributed by atoms with E-state index in [1.54, 1.807) is 33.4 Å². The Morgan fingerprint density at radius 1 is 1.24 bits per heavy atom. The number of benzene rings is 1. The summed E-state index contributed by atoms with van der Waals surface area (Å²) in [5.74, 6) is 0.674. The van der Waals surface area contributed by atoms with Gasteiger partial charge in [0.1, 0.15) is 12.1 Å². The molecule has 1 heterocycles. The highest BCUT2D eigenvalue weighted by Gasteiger charge is 2.55. The number of carbonyl (C=O) groups excluding carboxylic acids is 3. The molecule has 1 aromatic rings. The number of imide groups is 1. The van der Waals surface area contributed by atoms with Crippen molar-refractivity contribution in [1.82, 2.24) is 15.1 Å². The Balaban J connectivity index is 1.67. The van der Waals surface area contributed by atoms with E-state index in [1.807, 2.05) is 13.0 Å². The van der Waals surface area contributed by atoms with Crippen molar-refractivity contribution in [2.75, 3.05) is 27.8 Å². The molecule has 8 nitrogen and oxygen atoms in total. The highest BCUT2D eigenvalue weighted by Crippen LogP contribution is 2.38. The van der Waals surface area contributed by atoms with E-state index in [0.717, 1.165) is 29.7 Å². The summed E-state index contributed by atoms with van der Waals surface area (Å²) in [6.07, 6.45) is 3.48. The van der Waals surface area contributed by atoms with Crippen LogP contribution in [0, 0.1) is 5.92 Å². The Morgan fingerprint density at radius 3 is 2.62 bits per heavy atom. The van der Waals surface area contributed by atoms with Crippen LogP contribution in [0.4, 0.5) is 4.79 Å². The fourth-order valence-electron chi connectivity index (χ4n) is 4.24. The minimum Gasteiger partial charge on any atom is -0.493 e. The maximum atomic E-state index is 13.0. The van der Waals surface area contributed by atoms with Gasteiger partial charge in [0.05, 0.1) is 14.2 Å². The van der Waals surface area contributed by atoms with Gasteiger partial charge in [-0.3, -0.25) is 14.5 Å². The summed E-state index contributed by atoms with van der Waals surface area (Å²) in [7, 11) is 4.76. The number of methoxy groups -OCH3 is 2. The molecule has 0 bridgehead atoms. The van der Waals surface area contributed by atoms with Gasteiger partial charge in [0.15, 0.2) is 11.5 Å². The number of rotatable bonds is 6. The van der Waals surface area contributed by atoms with Crippen LogP contribution in [0.15, 0.2) is 18.2 Å². The lowest BCUT2D eigenvalue weighted by Crippen LogP contribution is -2.54. The van der Waals surface area contributed by atoms with Crippen molar-refractivity contribution in [2.45, 2.75) is 44.7 Å².